The third kappa shape index (κ3) is 4.37. The van der Waals surface area contributed by atoms with E-state index >= 15 is 0 Å². The number of hydrogen-bond acceptors (Lipinski definition) is 1. The van der Waals surface area contributed by atoms with Crippen LogP contribution in [0.15, 0.2) is 40.3 Å². The fourth-order valence-electron chi connectivity index (χ4n) is 1.43. The molecule has 1 atom stereocenters. The molecule has 0 aromatic heterocycles. The molecule has 15 heavy (non-hydrogen) atoms. The van der Waals surface area contributed by atoms with E-state index in [-0.39, 0.29) is 0 Å². The van der Waals surface area contributed by atoms with Gasteiger partial charge in [0.1, 0.15) is 0 Å². The molecule has 0 aliphatic heterocycles. The van der Waals surface area contributed by atoms with E-state index in [0.717, 1.165) is 10.9 Å². The van der Waals surface area contributed by atoms with Crippen molar-refractivity contribution in [3.05, 3.63) is 45.9 Å². The van der Waals surface area contributed by atoms with E-state index in [0.29, 0.717) is 17.6 Å². The second kappa shape index (κ2) is 6.31. The first-order valence-corrected chi connectivity index (χ1v) is 6.12. The van der Waals surface area contributed by atoms with Crippen molar-refractivity contribution in [3.8, 4) is 0 Å². The van der Waals surface area contributed by atoms with Crippen LogP contribution in [0.5, 0.6) is 0 Å². The molecule has 0 fully saturated rings. The van der Waals surface area contributed by atoms with Crippen molar-refractivity contribution in [1.82, 2.24) is 5.32 Å². The standard InChI is InChI=1S/C12H15BrClN/c1-3-12(15-8-9(2)14)10-4-6-11(13)7-5-10/h4-7,12,15H,2-3,8H2,1H3. The summed E-state index contributed by atoms with van der Waals surface area (Å²) >= 11 is 9.15. The molecule has 1 nitrogen and oxygen atoms in total. The van der Waals surface area contributed by atoms with Crippen molar-refractivity contribution < 1.29 is 0 Å². The molecule has 0 aliphatic carbocycles. The summed E-state index contributed by atoms with van der Waals surface area (Å²) < 4.78 is 1.10. The average molecular weight is 289 g/mol. The van der Waals surface area contributed by atoms with Crippen LogP contribution in [0.2, 0.25) is 0 Å². The van der Waals surface area contributed by atoms with Gasteiger partial charge in [0.15, 0.2) is 0 Å². The van der Waals surface area contributed by atoms with E-state index in [1.54, 1.807) is 0 Å². The van der Waals surface area contributed by atoms with Gasteiger partial charge in [-0.2, -0.15) is 0 Å². The Bertz CT molecular complexity index is 321. The topological polar surface area (TPSA) is 12.0 Å². The van der Waals surface area contributed by atoms with Gasteiger partial charge in [-0.25, -0.2) is 0 Å². The summed E-state index contributed by atoms with van der Waals surface area (Å²) in [5.41, 5.74) is 1.28. The smallest absolute Gasteiger partial charge is 0.0320 e. The molecule has 1 aromatic carbocycles. The molecule has 1 N–H and O–H groups in total. The maximum absolute atomic E-state index is 5.73. The zero-order valence-electron chi connectivity index (χ0n) is 8.76. The van der Waals surface area contributed by atoms with Crippen molar-refractivity contribution >= 4 is 27.5 Å². The first kappa shape index (κ1) is 12.8. The second-order valence-corrected chi connectivity index (χ2v) is 4.86. The number of halogens is 2. The molecule has 1 rings (SSSR count). The number of hydrogen-bond donors (Lipinski definition) is 1. The maximum atomic E-state index is 5.73. The van der Waals surface area contributed by atoms with Gasteiger partial charge >= 0.3 is 0 Å². The monoisotopic (exact) mass is 287 g/mol. The molecule has 0 saturated heterocycles. The Hall–Kier alpha value is -0.310. The number of rotatable bonds is 5. The van der Waals surface area contributed by atoms with Crippen molar-refractivity contribution in [2.24, 2.45) is 0 Å². The normalized spacial score (nSPS) is 12.5. The Morgan fingerprint density at radius 1 is 1.47 bits per heavy atom. The third-order valence-corrected chi connectivity index (χ3v) is 2.88. The zero-order valence-corrected chi connectivity index (χ0v) is 11.1. The molecule has 0 radical (unpaired) electrons. The lowest BCUT2D eigenvalue weighted by molar-refractivity contribution is 0.549. The first-order valence-electron chi connectivity index (χ1n) is 4.95. The van der Waals surface area contributed by atoms with Crippen LogP contribution in [-0.2, 0) is 0 Å². The summed E-state index contributed by atoms with van der Waals surface area (Å²) in [6.07, 6.45) is 1.03. The van der Waals surface area contributed by atoms with Gasteiger partial charge in [-0.1, -0.05) is 53.2 Å². The Balaban J connectivity index is 2.65. The van der Waals surface area contributed by atoms with Crippen molar-refractivity contribution in [1.29, 1.82) is 0 Å². The van der Waals surface area contributed by atoms with E-state index in [4.69, 9.17) is 11.6 Å². The van der Waals surface area contributed by atoms with Crippen LogP contribution in [0.3, 0.4) is 0 Å². The summed E-state index contributed by atoms with van der Waals surface area (Å²) in [4.78, 5) is 0. The predicted octanol–water partition coefficient (Wildman–Crippen LogP) is 4.24. The van der Waals surface area contributed by atoms with Crippen molar-refractivity contribution in [3.63, 3.8) is 0 Å². The minimum absolute atomic E-state index is 0.341. The van der Waals surface area contributed by atoms with Gasteiger partial charge < -0.3 is 5.32 Å². The van der Waals surface area contributed by atoms with Gasteiger partial charge in [0.25, 0.3) is 0 Å². The highest BCUT2D eigenvalue weighted by Gasteiger charge is 2.07. The van der Waals surface area contributed by atoms with Gasteiger partial charge in [-0.3, -0.25) is 0 Å². The summed E-state index contributed by atoms with van der Waals surface area (Å²) in [5, 5.41) is 4.00. The SMILES string of the molecule is C=C(Cl)CNC(CC)c1ccc(Br)cc1. The lowest BCUT2D eigenvalue weighted by Crippen LogP contribution is -2.21. The van der Waals surface area contributed by atoms with Gasteiger partial charge in [0.05, 0.1) is 0 Å². The van der Waals surface area contributed by atoms with Crippen LogP contribution < -0.4 is 5.32 Å². The lowest BCUT2D eigenvalue weighted by atomic mass is 10.0. The number of nitrogens with one attached hydrogen (secondary N) is 1. The van der Waals surface area contributed by atoms with Crippen LogP contribution in [0.4, 0.5) is 0 Å². The van der Waals surface area contributed by atoms with Crippen LogP contribution >= 0.6 is 27.5 Å². The van der Waals surface area contributed by atoms with Crippen LogP contribution in [0.25, 0.3) is 0 Å². The largest absolute Gasteiger partial charge is 0.305 e. The van der Waals surface area contributed by atoms with Crippen LogP contribution in [0.1, 0.15) is 24.9 Å². The predicted molar refractivity (Wildman–Crippen MR) is 70.2 cm³/mol. The van der Waals surface area contributed by atoms with Crippen LogP contribution in [-0.4, -0.2) is 6.54 Å². The van der Waals surface area contributed by atoms with E-state index in [1.807, 2.05) is 0 Å². The lowest BCUT2D eigenvalue weighted by Gasteiger charge is -2.17. The molecule has 0 saturated carbocycles. The highest BCUT2D eigenvalue weighted by Crippen LogP contribution is 2.19. The fraction of sp³-hybridized carbons (Fsp3) is 0.333. The van der Waals surface area contributed by atoms with E-state index < -0.39 is 0 Å². The summed E-state index contributed by atoms with van der Waals surface area (Å²) in [6.45, 7) is 6.46. The molecule has 82 valence electrons. The molecule has 0 amide bonds. The Kier molecular flexibility index (Phi) is 5.37. The van der Waals surface area contributed by atoms with E-state index in [1.165, 1.54) is 5.56 Å². The highest BCUT2D eigenvalue weighted by atomic mass is 79.9. The number of benzene rings is 1. The van der Waals surface area contributed by atoms with E-state index in [2.05, 4.69) is 59.0 Å². The minimum Gasteiger partial charge on any atom is -0.305 e. The second-order valence-electron chi connectivity index (χ2n) is 3.41. The van der Waals surface area contributed by atoms with Crippen LogP contribution in [0, 0.1) is 0 Å². The molecule has 1 unspecified atom stereocenters. The van der Waals surface area contributed by atoms with Crippen molar-refractivity contribution in [2.45, 2.75) is 19.4 Å². The van der Waals surface area contributed by atoms with Crippen molar-refractivity contribution in [2.75, 3.05) is 6.54 Å². The molecule has 0 heterocycles. The quantitative estimate of drug-likeness (QED) is 0.854. The molecule has 0 bridgehead atoms. The molecular weight excluding hydrogens is 273 g/mol. The molecule has 0 spiro atoms. The minimum atomic E-state index is 0.341. The first-order chi connectivity index (χ1) is 7.13. The van der Waals surface area contributed by atoms with E-state index in [9.17, 15) is 0 Å². The molecule has 0 aliphatic rings. The maximum Gasteiger partial charge on any atom is 0.0320 e. The molecular formula is C12H15BrClN. The van der Waals surface area contributed by atoms with Gasteiger partial charge in [-0.15, -0.1) is 0 Å². The molecule has 1 aromatic rings. The Morgan fingerprint density at radius 3 is 2.53 bits per heavy atom. The third-order valence-electron chi connectivity index (χ3n) is 2.22. The Morgan fingerprint density at radius 2 is 2.07 bits per heavy atom. The summed E-state index contributed by atoms with van der Waals surface area (Å²) in [7, 11) is 0. The summed E-state index contributed by atoms with van der Waals surface area (Å²) in [6, 6.07) is 8.67. The average Bonchev–Trinajstić information content (AvgIpc) is 2.21. The van der Waals surface area contributed by atoms with Gasteiger partial charge in [0, 0.05) is 22.1 Å². The van der Waals surface area contributed by atoms with Gasteiger partial charge in [0.2, 0.25) is 0 Å². The summed E-state index contributed by atoms with van der Waals surface area (Å²) in [5.74, 6) is 0. The highest BCUT2D eigenvalue weighted by molar-refractivity contribution is 9.10. The fourth-order valence-corrected chi connectivity index (χ4v) is 1.77. The van der Waals surface area contributed by atoms with Gasteiger partial charge in [-0.05, 0) is 24.1 Å². The Labute approximate surface area is 105 Å². The zero-order chi connectivity index (χ0) is 11.3. The molecule has 3 heteroatoms.